The number of carbonyl (C=O) groups is 1. The number of nitrogens with zero attached hydrogens (tertiary/aromatic N) is 3. The van der Waals surface area contributed by atoms with E-state index in [1.54, 1.807) is 36.5 Å². The van der Waals surface area contributed by atoms with Gasteiger partial charge in [-0.05, 0) is 25.0 Å². The molecule has 1 aromatic heterocycles. The largest absolute Gasteiger partial charge is 0.383 e. The summed E-state index contributed by atoms with van der Waals surface area (Å²) in [5.41, 5.74) is 0.570. The lowest BCUT2D eigenvalue weighted by Gasteiger charge is -2.39. The third-order valence-electron chi connectivity index (χ3n) is 4.91. The first kappa shape index (κ1) is 17.2. The van der Waals surface area contributed by atoms with Gasteiger partial charge in [-0.1, -0.05) is 0 Å². The number of rotatable bonds is 4. The van der Waals surface area contributed by atoms with Gasteiger partial charge in [-0.2, -0.15) is 0 Å². The molecular formula is C17H23F2N3O2. The summed E-state index contributed by atoms with van der Waals surface area (Å²) < 4.78 is 32.7. The zero-order valence-electron chi connectivity index (χ0n) is 13.8. The topological polar surface area (TPSA) is 45.7 Å². The van der Waals surface area contributed by atoms with Gasteiger partial charge in [0.15, 0.2) is 0 Å². The molecule has 3 rings (SSSR count). The van der Waals surface area contributed by atoms with Crippen molar-refractivity contribution in [1.82, 2.24) is 14.8 Å². The van der Waals surface area contributed by atoms with Crippen molar-refractivity contribution >= 4 is 5.91 Å². The molecule has 1 aromatic rings. The number of carbonyl (C=O) groups excluding carboxylic acids is 1. The maximum atomic E-state index is 13.8. The van der Waals surface area contributed by atoms with E-state index in [1.807, 2.05) is 4.90 Å². The van der Waals surface area contributed by atoms with Crippen LogP contribution >= 0.6 is 0 Å². The van der Waals surface area contributed by atoms with Crippen LogP contribution in [0.1, 0.15) is 29.6 Å². The van der Waals surface area contributed by atoms with Gasteiger partial charge >= 0.3 is 0 Å². The van der Waals surface area contributed by atoms with Crippen LogP contribution in [0.5, 0.6) is 0 Å². The fourth-order valence-corrected chi connectivity index (χ4v) is 3.77. The summed E-state index contributed by atoms with van der Waals surface area (Å²) in [6, 6.07) is 3.32. The Hall–Kier alpha value is -1.60. The van der Waals surface area contributed by atoms with Crippen molar-refractivity contribution in [1.29, 1.82) is 0 Å². The van der Waals surface area contributed by atoms with Crippen molar-refractivity contribution in [3.8, 4) is 0 Å². The van der Waals surface area contributed by atoms with Crippen LogP contribution in [0.3, 0.4) is 0 Å². The van der Waals surface area contributed by atoms with E-state index in [4.69, 9.17) is 4.74 Å². The molecule has 0 unspecified atom stereocenters. The van der Waals surface area contributed by atoms with Gasteiger partial charge in [0.05, 0.1) is 18.7 Å². The normalized spacial score (nSPS) is 25.1. The second kappa shape index (κ2) is 7.11. The molecule has 0 bridgehead atoms. The van der Waals surface area contributed by atoms with E-state index in [1.165, 1.54) is 0 Å². The number of pyridine rings is 1. The van der Waals surface area contributed by atoms with Gasteiger partial charge in [-0.15, -0.1) is 0 Å². The summed E-state index contributed by atoms with van der Waals surface area (Å²) in [7, 11) is 1.55. The molecule has 0 aromatic carbocycles. The van der Waals surface area contributed by atoms with Gasteiger partial charge in [0.25, 0.3) is 11.8 Å². The van der Waals surface area contributed by atoms with Crippen LogP contribution in [0, 0.1) is 0 Å². The molecule has 0 spiro atoms. The molecule has 1 amide bonds. The second-order valence-corrected chi connectivity index (χ2v) is 6.61. The van der Waals surface area contributed by atoms with Crippen LogP contribution < -0.4 is 0 Å². The Labute approximate surface area is 140 Å². The third-order valence-corrected chi connectivity index (χ3v) is 4.91. The molecule has 2 aliphatic heterocycles. The Bertz CT molecular complexity index is 562. The highest BCUT2D eigenvalue weighted by Gasteiger charge is 2.47. The van der Waals surface area contributed by atoms with Gasteiger partial charge in [0.2, 0.25) is 0 Å². The van der Waals surface area contributed by atoms with Crippen molar-refractivity contribution in [2.45, 2.75) is 37.3 Å². The Morgan fingerprint density at radius 2 is 2.17 bits per heavy atom. The minimum Gasteiger partial charge on any atom is -0.383 e. The second-order valence-electron chi connectivity index (χ2n) is 6.61. The summed E-state index contributed by atoms with van der Waals surface area (Å²) in [5, 5.41) is 0. The molecular weight excluding hydrogens is 316 g/mol. The Balaban J connectivity index is 1.59. The highest BCUT2D eigenvalue weighted by atomic mass is 19.3. The monoisotopic (exact) mass is 339 g/mol. The van der Waals surface area contributed by atoms with Gasteiger partial charge in [-0.25, -0.2) is 8.78 Å². The highest BCUT2D eigenvalue weighted by Crippen LogP contribution is 2.35. The number of hydrogen-bond acceptors (Lipinski definition) is 4. The van der Waals surface area contributed by atoms with E-state index in [2.05, 4.69) is 4.98 Å². The summed E-state index contributed by atoms with van der Waals surface area (Å²) in [5.74, 6) is -2.69. The molecule has 0 aliphatic carbocycles. The molecule has 132 valence electrons. The van der Waals surface area contributed by atoms with Gasteiger partial charge < -0.3 is 9.64 Å². The van der Waals surface area contributed by atoms with Crippen LogP contribution in [0.4, 0.5) is 8.78 Å². The number of piperidine rings is 1. The number of ether oxygens (including phenoxy) is 1. The number of hydrogen-bond donors (Lipinski definition) is 0. The van der Waals surface area contributed by atoms with E-state index in [9.17, 15) is 13.6 Å². The van der Waals surface area contributed by atoms with Gasteiger partial charge in [-0.3, -0.25) is 14.7 Å². The van der Waals surface area contributed by atoms with E-state index in [0.29, 0.717) is 38.1 Å². The average molecular weight is 339 g/mol. The van der Waals surface area contributed by atoms with Gasteiger partial charge in [0, 0.05) is 51.1 Å². The lowest BCUT2D eigenvalue weighted by atomic mass is 10.0. The highest BCUT2D eigenvalue weighted by molar-refractivity contribution is 5.93. The fraction of sp³-hybridized carbons (Fsp3) is 0.647. The predicted molar refractivity (Wildman–Crippen MR) is 85.1 cm³/mol. The predicted octanol–water partition coefficient (Wildman–Crippen LogP) is 2.04. The van der Waals surface area contributed by atoms with Gasteiger partial charge in [0.1, 0.15) is 0 Å². The fourth-order valence-electron chi connectivity index (χ4n) is 3.77. The number of likely N-dealkylation sites (tertiary alicyclic amines) is 2. The molecule has 5 nitrogen and oxygen atoms in total. The van der Waals surface area contributed by atoms with E-state index < -0.39 is 5.92 Å². The number of aromatic nitrogens is 1. The first-order valence-electron chi connectivity index (χ1n) is 8.32. The Morgan fingerprint density at radius 3 is 2.79 bits per heavy atom. The van der Waals surface area contributed by atoms with E-state index in [-0.39, 0.29) is 31.0 Å². The quantitative estimate of drug-likeness (QED) is 0.842. The number of methoxy groups -OCH3 is 1. The summed E-state index contributed by atoms with van der Waals surface area (Å²) >= 11 is 0. The maximum absolute atomic E-state index is 13.8. The lowest BCUT2D eigenvalue weighted by Crippen LogP contribution is -2.49. The molecule has 1 atom stereocenters. The molecule has 0 N–H and O–H groups in total. The Morgan fingerprint density at radius 1 is 1.42 bits per heavy atom. The number of alkyl halides is 2. The minimum absolute atomic E-state index is 0.0401. The summed E-state index contributed by atoms with van der Waals surface area (Å²) in [6.45, 7) is 1.28. The summed E-state index contributed by atoms with van der Waals surface area (Å²) in [6.07, 6.45) is 4.47. The third kappa shape index (κ3) is 3.72. The SMILES string of the molecule is COC[C@@H]1CC(F)(F)CN1C1CCN(C(=O)c2cccnc2)CC1. The first-order chi connectivity index (χ1) is 11.5. The van der Waals surface area contributed by atoms with Crippen molar-refractivity contribution in [2.75, 3.05) is 33.4 Å². The van der Waals surface area contributed by atoms with Crippen LogP contribution in [0.25, 0.3) is 0 Å². The molecule has 2 aliphatic rings. The van der Waals surface area contributed by atoms with Crippen molar-refractivity contribution in [3.05, 3.63) is 30.1 Å². The van der Waals surface area contributed by atoms with Crippen molar-refractivity contribution in [3.63, 3.8) is 0 Å². The molecule has 7 heteroatoms. The van der Waals surface area contributed by atoms with E-state index >= 15 is 0 Å². The summed E-state index contributed by atoms with van der Waals surface area (Å²) in [4.78, 5) is 20.1. The molecule has 2 fully saturated rings. The number of amides is 1. The zero-order valence-corrected chi connectivity index (χ0v) is 13.8. The molecule has 2 saturated heterocycles. The lowest BCUT2D eigenvalue weighted by molar-refractivity contribution is 0.00285. The van der Waals surface area contributed by atoms with Crippen molar-refractivity contribution < 1.29 is 18.3 Å². The zero-order chi connectivity index (χ0) is 17.2. The van der Waals surface area contributed by atoms with Crippen LogP contribution in [0.2, 0.25) is 0 Å². The number of halogens is 2. The standard InChI is InChI=1S/C17H23F2N3O2/c1-24-11-15-9-17(18,19)12-22(15)14-4-7-21(8-5-14)16(23)13-3-2-6-20-10-13/h2-3,6,10,14-15H,4-5,7-9,11-12H2,1H3/t15-/m0/s1. The Kier molecular flexibility index (Phi) is 5.10. The van der Waals surface area contributed by atoms with Crippen LogP contribution in [-0.4, -0.2) is 72.0 Å². The minimum atomic E-state index is -2.65. The maximum Gasteiger partial charge on any atom is 0.262 e. The smallest absolute Gasteiger partial charge is 0.262 e. The van der Waals surface area contributed by atoms with E-state index in [0.717, 1.165) is 0 Å². The van der Waals surface area contributed by atoms with Crippen LogP contribution in [0.15, 0.2) is 24.5 Å². The van der Waals surface area contributed by atoms with Crippen LogP contribution in [-0.2, 0) is 4.74 Å². The molecule has 24 heavy (non-hydrogen) atoms. The molecule has 3 heterocycles. The first-order valence-corrected chi connectivity index (χ1v) is 8.32. The average Bonchev–Trinajstić information content (AvgIpc) is 2.90. The molecule has 0 radical (unpaired) electrons. The molecule has 0 saturated carbocycles. The van der Waals surface area contributed by atoms with Crippen molar-refractivity contribution in [2.24, 2.45) is 0 Å².